The van der Waals surface area contributed by atoms with Crippen LogP contribution >= 0.6 is 11.3 Å². The molecule has 0 aromatic carbocycles. The SMILES string of the molecule is NC(=O)c1sc2ncccc2c1O. The first-order valence-corrected chi connectivity index (χ1v) is 4.38. The van der Waals surface area contributed by atoms with Crippen LogP contribution in [0.1, 0.15) is 9.67 Å². The molecule has 0 atom stereocenters. The van der Waals surface area contributed by atoms with Crippen LogP contribution in [0.15, 0.2) is 18.3 Å². The number of nitrogens with two attached hydrogens (primary N) is 1. The van der Waals surface area contributed by atoms with Gasteiger partial charge in [-0.2, -0.15) is 0 Å². The number of nitrogens with zero attached hydrogens (tertiary/aromatic N) is 1. The maximum Gasteiger partial charge on any atom is 0.262 e. The van der Waals surface area contributed by atoms with Crippen LogP contribution in [0.3, 0.4) is 0 Å². The molecule has 0 saturated carbocycles. The Hall–Kier alpha value is -1.62. The van der Waals surface area contributed by atoms with Crippen LogP contribution < -0.4 is 5.73 Å². The number of fused-ring (bicyclic) bond motifs is 1. The monoisotopic (exact) mass is 194 g/mol. The number of aromatic nitrogens is 1. The van der Waals surface area contributed by atoms with Crippen LogP contribution in [-0.2, 0) is 0 Å². The normalized spacial score (nSPS) is 10.5. The van der Waals surface area contributed by atoms with Crippen LogP contribution in [0.2, 0.25) is 0 Å². The van der Waals surface area contributed by atoms with Crippen LogP contribution in [0.25, 0.3) is 10.2 Å². The third kappa shape index (κ3) is 1.13. The lowest BCUT2D eigenvalue weighted by molar-refractivity contribution is 0.100. The Morgan fingerprint density at radius 2 is 2.38 bits per heavy atom. The fourth-order valence-electron chi connectivity index (χ4n) is 1.09. The lowest BCUT2D eigenvalue weighted by Gasteiger charge is -1.89. The summed E-state index contributed by atoms with van der Waals surface area (Å²) in [6.07, 6.45) is 1.60. The second kappa shape index (κ2) is 2.70. The molecule has 0 unspecified atom stereocenters. The Morgan fingerprint density at radius 1 is 1.62 bits per heavy atom. The Morgan fingerprint density at radius 3 is 3.00 bits per heavy atom. The molecule has 0 aliphatic rings. The summed E-state index contributed by atoms with van der Waals surface area (Å²) in [7, 11) is 0. The van der Waals surface area contributed by atoms with Gasteiger partial charge in [0.05, 0.1) is 5.39 Å². The van der Waals surface area contributed by atoms with Crippen molar-refractivity contribution < 1.29 is 9.90 Å². The van der Waals surface area contributed by atoms with Gasteiger partial charge in [-0.3, -0.25) is 4.79 Å². The van der Waals surface area contributed by atoms with E-state index in [1.54, 1.807) is 18.3 Å². The molecule has 2 aromatic heterocycles. The third-order valence-corrected chi connectivity index (χ3v) is 2.78. The molecule has 2 rings (SSSR count). The van der Waals surface area contributed by atoms with E-state index in [2.05, 4.69) is 4.98 Å². The smallest absolute Gasteiger partial charge is 0.262 e. The van der Waals surface area contributed by atoms with Crippen molar-refractivity contribution >= 4 is 27.5 Å². The predicted molar refractivity (Wildman–Crippen MR) is 49.8 cm³/mol. The van der Waals surface area contributed by atoms with Gasteiger partial charge in [0.25, 0.3) is 5.91 Å². The van der Waals surface area contributed by atoms with Crippen molar-refractivity contribution in [1.29, 1.82) is 0 Å². The number of carbonyl (C=O) groups excluding carboxylic acids is 1. The lowest BCUT2D eigenvalue weighted by Crippen LogP contribution is -2.08. The van der Waals surface area contributed by atoms with Crippen molar-refractivity contribution in [1.82, 2.24) is 4.98 Å². The van der Waals surface area contributed by atoms with Gasteiger partial charge in [-0.15, -0.1) is 11.3 Å². The molecule has 0 radical (unpaired) electrons. The topological polar surface area (TPSA) is 76.2 Å². The second-order valence-corrected chi connectivity index (χ2v) is 3.50. The fourth-order valence-corrected chi connectivity index (χ4v) is 1.98. The number of carbonyl (C=O) groups is 1. The van der Waals surface area contributed by atoms with E-state index in [0.29, 0.717) is 10.2 Å². The minimum absolute atomic E-state index is 0.0689. The Bertz CT molecular complexity index is 478. The van der Waals surface area contributed by atoms with Crippen molar-refractivity contribution in [3.63, 3.8) is 0 Å². The first-order valence-electron chi connectivity index (χ1n) is 3.56. The summed E-state index contributed by atoms with van der Waals surface area (Å²) in [6, 6.07) is 3.39. The Balaban J connectivity index is 2.81. The van der Waals surface area contributed by atoms with E-state index < -0.39 is 5.91 Å². The molecule has 66 valence electrons. The number of hydrogen-bond acceptors (Lipinski definition) is 4. The van der Waals surface area contributed by atoms with E-state index >= 15 is 0 Å². The summed E-state index contributed by atoms with van der Waals surface area (Å²) in [6.45, 7) is 0. The van der Waals surface area contributed by atoms with Crippen LogP contribution in [0, 0.1) is 0 Å². The zero-order chi connectivity index (χ0) is 9.42. The number of rotatable bonds is 1. The molecule has 0 aliphatic carbocycles. The van der Waals surface area contributed by atoms with E-state index in [0.717, 1.165) is 11.3 Å². The van der Waals surface area contributed by atoms with Gasteiger partial charge in [-0.05, 0) is 12.1 Å². The lowest BCUT2D eigenvalue weighted by atomic mass is 10.3. The summed E-state index contributed by atoms with van der Waals surface area (Å²) in [5, 5.41) is 10.1. The summed E-state index contributed by atoms with van der Waals surface area (Å²) >= 11 is 1.10. The zero-order valence-corrected chi connectivity index (χ0v) is 7.34. The molecule has 5 heteroatoms. The highest BCUT2D eigenvalue weighted by Gasteiger charge is 2.15. The highest BCUT2D eigenvalue weighted by atomic mass is 32.1. The molecule has 0 spiro atoms. The molecular formula is C8H6N2O2S. The number of primary amides is 1. The third-order valence-electron chi connectivity index (χ3n) is 1.66. The summed E-state index contributed by atoms with van der Waals surface area (Å²) in [4.78, 5) is 15.6. The van der Waals surface area contributed by atoms with Gasteiger partial charge in [0.15, 0.2) is 0 Å². The highest BCUT2D eigenvalue weighted by Crippen LogP contribution is 2.34. The summed E-state index contributed by atoms with van der Waals surface area (Å²) < 4.78 is 0. The van der Waals surface area contributed by atoms with Crippen LogP contribution in [0.4, 0.5) is 0 Å². The molecular weight excluding hydrogens is 188 g/mol. The van der Waals surface area contributed by atoms with E-state index in [1.807, 2.05) is 0 Å². The molecule has 2 aromatic rings. The second-order valence-electron chi connectivity index (χ2n) is 2.50. The largest absolute Gasteiger partial charge is 0.506 e. The van der Waals surface area contributed by atoms with Crippen molar-refractivity contribution in [3.8, 4) is 5.75 Å². The van der Waals surface area contributed by atoms with Gasteiger partial charge in [0.2, 0.25) is 0 Å². The number of amides is 1. The van der Waals surface area contributed by atoms with E-state index in [4.69, 9.17) is 5.73 Å². The van der Waals surface area contributed by atoms with Crippen LogP contribution in [0.5, 0.6) is 5.75 Å². The molecule has 0 bridgehead atoms. The number of hydrogen-bond donors (Lipinski definition) is 2. The van der Waals surface area contributed by atoms with Gasteiger partial charge in [-0.1, -0.05) is 0 Å². The molecule has 0 aliphatic heterocycles. The molecule has 1 amide bonds. The quantitative estimate of drug-likeness (QED) is 0.713. The average molecular weight is 194 g/mol. The van der Waals surface area contributed by atoms with Crippen molar-refractivity contribution in [2.45, 2.75) is 0 Å². The Kier molecular flexibility index (Phi) is 1.66. The average Bonchev–Trinajstić information content (AvgIpc) is 2.45. The molecule has 13 heavy (non-hydrogen) atoms. The molecule has 2 heterocycles. The molecule has 0 saturated heterocycles. The number of aromatic hydroxyl groups is 1. The van der Waals surface area contributed by atoms with Crippen molar-refractivity contribution in [3.05, 3.63) is 23.2 Å². The number of thiophene rings is 1. The number of pyridine rings is 1. The molecule has 3 N–H and O–H groups in total. The van der Waals surface area contributed by atoms with Gasteiger partial charge in [-0.25, -0.2) is 4.98 Å². The zero-order valence-electron chi connectivity index (χ0n) is 6.52. The van der Waals surface area contributed by atoms with Crippen LogP contribution in [-0.4, -0.2) is 16.0 Å². The van der Waals surface area contributed by atoms with E-state index in [9.17, 15) is 9.90 Å². The van der Waals surface area contributed by atoms with Gasteiger partial charge >= 0.3 is 0 Å². The maximum absolute atomic E-state index is 10.8. The predicted octanol–water partition coefficient (Wildman–Crippen LogP) is 1.10. The standard InChI is InChI=1S/C8H6N2O2S/c9-7(12)6-5(11)4-2-1-3-10-8(4)13-6/h1-3,11H,(H2,9,12). The van der Waals surface area contributed by atoms with Gasteiger partial charge in [0.1, 0.15) is 15.5 Å². The molecule has 4 nitrogen and oxygen atoms in total. The van der Waals surface area contributed by atoms with Crippen molar-refractivity contribution in [2.75, 3.05) is 0 Å². The minimum atomic E-state index is -0.625. The summed E-state index contributed by atoms with van der Waals surface area (Å²) in [5.41, 5.74) is 5.06. The first-order chi connectivity index (χ1) is 6.20. The van der Waals surface area contributed by atoms with Crippen molar-refractivity contribution in [2.24, 2.45) is 5.73 Å². The summed E-state index contributed by atoms with van der Waals surface area (Å²) in [5.74, 6) is -0.693. The van der Waals surface area contributed by atoms with E-state index in [-0.39, 0.29) is 10.6 Å². The highest BCUT2D eigenvalue weighted by molar-refractivity contribution is 7.20. The fraction of sp³-hybridized carbons (Fsp3) is 0. The maximum atomic E-state index is 10.8. The van der Waals surface area contributed by atoms with Gasteiger partial charge < -0.3 is 10.8 Å². The minimum Gasteiger partial charge on any atom is -0.506 e. The van der Waals surface area contributed by atoms with E-state index in [1.165, 1.54) is 0 Å². The Labute approximate surface area is 77.6 Å². The van der Waals surface area contributed by atoms with Gasteiger partial charge in [0, 0.05) is 6.20 Å². The first kappa shape index (κ1) is 8.00. The molecule has 0 fully saturated rings.